The topological polar surface area (TPSA) is 56.7 Å². The Hall–Kier alpha value is -2.73. The molecule has 1 unspecified atom stereocenters. The molecule has 0 heterocycles. The maximum atomic E-state index is 13.4. The molecule has 3 atom stereocenters. The third kappa shape index (κ3) is 7.13. The van der Waals surface area contributed by atoms with Gasteiger partial charge in [0.2, 0.25) is 5.91 Å². The summed E-state index contributed by atoms with van der Waals surface area (Å²) in [5.74, 6) is -0.0138. The van der Waals surface area contributed by atoms with Gasteiger partial charge in [0.05, 0.1) is 12.1 Å². The van der Waals surface area contributed by atoms with Crippen LogP contribution in [0.3, 0.4) is 0 Å². The van der Waals surface area contributed by atoms with Gasteiger partial charge in [0.15, 0.2) is 5.11 Å². The first kappa shape index (κ1) is 24.9. The number of hydrogen-bond donors (Lipinski definition) is 2. The maximum absolute atomic E-state index is 13.4. The second-order valence-corrected chi connectivity index (χ2v) is 10.2. The van der Waals surface area contributed by atoms with E-state index in [1.54, 1.807) is 4.90 Å². The fourth-order valence-electron chi connectivity index (χ4n) is 4.14. The summed E-state index contributed by atoms with van der Waals surface area (Å²) < 4.78 is 0. The van der Waals surface area contributed by atoms with E-state index in [1.807, 2.05) is 61.8 Å². The predicted octanol–water partition coefficient (Wildman–Crippen LogP) is 4.96. The van der Waals surface area contributed by atoms with Crippen molar-refractivity contribution in [2.75, 3.05) is 11.9 Å². The number of nitrogens with zero attached hydrogens (tertiary/aromatic N) is 2. The van der Waals surface area contributed by atoms with Gasteiger partial charge in [0, 0.05) is 18.9 Å². The van der Waals surface area contributed by atoms with Crippen molar-refractivity contribution >= 4 is 35.1 Å². The standard InChI is InChI=1S/C27H36N4OS/c1-27(2,3)24(25(32)31(4)21-15-9-6-10-16-21)30-26(33)29-23-18-12-11-17-22(23)28-19-20-13-7-5-8-14-20/h5-10,13-16,19,22-24H,11-12,17-18H2,1-4H3,(H2,29,30,33)/t22-,23-,24?/m1/s1. The summed E-state index contributed by atoms with van der Waals surface area (Å²) in [6, 6.07) is 19.7. The zero-order valence-electron chi connectivity index (χ0n) is 20.1. The van der Waals surface area contributed by atoms with Crippen LogP contribution in [0.2, 0.25) is 0 Å². The average Bonchev–Trinajstić information content (AvgIpc) is 2.81. The Bertz CT molecular complexity index is 940. The van der Waals surface area contributed by atoms with Crippen molar-refractivity contribution in [1.82, 2.24) is 10.6 Å². The van der Waals surface area contributed by atoms with E-state index >= 15 is 0 Å². The van der Waals surface area contributed by atoms with Gasteiger partial charge in [-0.25, -0.2) is 0 Å². The molecule has 6 heteroatoms. The number of amides is 1. The lowest BCUT2D eigenvalue weighted by Gasteiger charge is -2.36. The molecular weight excluding hydrogens is 428 g/mol. The molecule has 5 nitrogen and oxygen atoms in total. The zero-order valence-corrected chi connectivity index (χ0v) is 20.9. The number of carbonyl (C=O) groups excluding carboxylic acids is 1. The molecule has 1 aliphatic rings. The number of nitrogens with one attached hydrogen (secondary N) is 2. The quantitative estimate of drug-likeness (QED) is 0.469. The lowest BCUT2D eigenvalue weighted by Crippen LogP contribution is -2.58. The van der Waals surface area contributed by atoms with Crippen LogP contribution in [0.4, 0.5) is 5.69 Å². The molecule has 33 heavy (non-hydrogen) atoms. The Kier molecular flexibility index (Phi) is 8.61. The van der Waals surface area contributed by atoms with E-state index in [0.29, 0.717) is 5.11 Å². The highest BCUT2D eigenvalue weighted by molar-refractivity contribution is 7.80. The molecule has 0 saturated heterocycles. The number of anilines is 1. The SMILES string of the molecule is CN(C(=O)C(NC(=S)N[C@@H]1CCCC[C@H]1N=Cc1ccccc1)C(C)(C)C)c1ccccc1. The molecule has 3 rings (SSSR count). The van der Waals surface area contributed by atoms with Crippen LogP contribution in [0.15, 0.2) is 65.7 Å². The van der Waals surface area contributed by atoms with Crippen LogP contribution in [0, 0.1) is 5.41 Å². The fraction of sp³-hybridized carbons (Fsp3) is 0.444. The predicted molar refractivity (Wildman–Crippen MR) is 142 cm³/mol. The van der Waals surface area contributed by atoms with Crippen LogP contribution in [-0.2, 0) is 4.79 Å². The Morgan fingerprint density at radius 2 is 1.67 bits per heavy atom. The molecule has 0 radical (unpaired) electrons. The van der Waals surface area contributed by atoms with Crippen LogP contribution in [0.1, 0.15) is 52.0 Å². The highest BCUT2D eigenvalue weighted by Crippen LogP contribution is 2.24. The largest absolute Gasteiger partial charge is 0.358 e. The first-order valence-corrected chi connectivity index (χ1v) is 12.1. The molecule has 2 N–H and O–H groups in total. The second kappa shape index (κ2) is 11.4. The minimum Gasteiger partial charge on any atom is -0.358 e. The molecule has 0 aliphatic heterocycles. The number of para-hydroxylation sites is 1. The van der Waals surface area contributed by atoms with E-state index in [4.69, 9.17) is 17.2 Å². The van der Waals surface area contributed by atoms with Crippen LogP contribution in [0.5, 0.6) is 0 Å². The van der Waals surface area contributed by atoms with Crippen molar-refractivity contribution in [3.05, 3.63) is 66.2 Å². The molecular formula is C27H36N4OS. The number of aliphatic imine (C=N–C) groups is 1. The van der Waals surface area contributed by atoms with Crippen molar-refractivity contribution in [3.63, 3.8) is 0 Å². The molecule has 0 bridgehead atoms. The molecule has 176 valence electrons. The number of thiocarbonyl (C=S) groups is 1. The number of carbonyl (C=O) groups is 1. The van der Waals surface area contributed by atoms with Crippen molar-refractivity contribution in [1.29, 1.82) is 0 Å². The van der Waals surface area contributed by atoms with E-state index in [-0.39, 0.29) is 23.4 Å². The van der Waals surface area contributed by atoms with Crippen molar-refractivity contribution < 1.29 is 4.79 Å². The van der Waals surface area contributed by atoms with E-state index in [1.165, 1.54) is 6.42 Å². The van der Waals surface area contributed by atoms with Crippen molar-refractivity contribution in [2.45, 2.75) is 64.6 Å². The van der Waals surface area contributed by atoms with Gasteiger partial charge in [0.25, 0.3) is 0 Å². The van der Waals surface area contributed by atoms with Gasteiger partial charge in [-0.05, 0) is 48.2 Å². The maximum Gasteiger partial charge on any atom is 0.249 e. The molecule has 1 amide bonds. The highest BCUT2D eigenvalue weighted by atomic mass is 32.1. The summed E-state index contributed by atoms with van der Waals surface area (Å²) in [5, 5.41) is 7.31. The molecule has 1 aliphatic carbocycles. The van der Waals surface area contributed by atoms with E-state index in [0.717, 1.165) is 30.5 Å². The molecule has 0 aromatic heterocycles. The number of likely N-dealkylation sites (N-methyl/N-ethyl adjacent to an activating group) is 1. The first-order valence-electron chi connectivity index (χ1n) is 11.7. The monoisotopic (exact) mass is 464 g/mol. The van der Waals surface area contributed by atoms with Gasteiger partial charge >= 0.3 is 0 Å². The Balaban J connectivity index is 1.67. The summed E-state index contributed by atoms with van der Waals surface area (Å²) in [6.45, 7) is 6.16. The molecule has 2 aromatic rings. The highest BCUT2D eigenvalue weighted by Gasteiger charge is 2.35. The van der Waals surface area contributed by atoms with Gasteiger partial charge in [0.1, 0.15) is 6.04 Å². The molecule has 1 fully saturated rings. The second-order valence-electron chi connectivity index (χ2n) is 9.80. The smallest absolute Gasteiger partial charge is 0.249 e. The third-order valence-electron chi connectivity index (χ3n) is 6.12. The van der Waals surface area contributed by atoms with Gasteiger partial charge in [-0.3, -0.25) is 9.79 Å². The number of benzene rings is 2. The molecule has 2 aromatic carbocycles. The van der Waals surface area contributed by atoms with Gasteiger partial charge in [-0.2, -0.15) is 0 Å². The van der Waals surface area contributed by atoms with E-state index < -0.39 is 6.04 Å². The van der Waals surface area contributed by atoms with Crippen LogP contribution >= 0.6 is 12.2 Å². The Morgan fingerprint density at radius 3 is 2.30 bits per heavy atom. The van der Waals surface area contributed by atoms with E-state index in [9.17, 15) is 4.79 Å². The summed E-state index contributed by atoms with van der Waals surface area (Å²) in [5.41, 5.74) is 1.65. The zero-order chi connectivity index (χ0) is 23.8. The average molecular weight is 465 g/mol. The van der Waals surface area contributed by atoms with Crippen molar-refractivity contribution in [2.24, 2.45) is 10.4 Å². The van der Waals surface area contributed by atoms with Crippen LogP contribution in [0.25, 0.3) is 0 Å². The summed E-state index contributed by atoms with van der Waals surface area (Å²) >= 11 is 5.69. The fourth-order valence-corrected chi connectivity index (χ4v) is 4.41. The Morgan fingerprint density at radius 1 is 1.06 bits per heavy atom. The van der Waals surface area contributed by atoms with Gasteiger partial charge in [-0.15, -0.1) is 0 Å². The van der Waals surface area contributed by atoms with Crippen LogP contribution in [-0.4, -0.2) is 42.4 Å². The van der Waals surface area contributed by atoms with Gasteiger partial charge in [-0.1, -0.05) is 82.1 Å². The van der Waals surface area contributed by atoms with Crippen molar-refractivity contribution in [3.8, 4) is 0 Å². The lowest BCUT2D eigenvalue weighted by atomic mass is 9.85. The minimum absolute atomic E-state index is 0.0138. The Labute approximate surface area is 203 Å². The number of hydrogen-bond acceptors (Lipinski definition) is 3. The lowest BCUT2D eigenvalue weighted by molar-refractivity contribution is -0.122. The molecule has 0 spiro atoms. The first-order chi connectivity index (χ1) is 15.8. The number of rotatable bonds is 6. The third-order valence-corrected chi connectivity index (χ3v) is 6.36. The summed E-state index contributed by atoms with van der Waals surface area (Å²) in [7, 11) is 1.81. The summed E-state index contributed by atoms with van der Waals surface area (Å²) in [6.07, 6.45) is 6.31. The minimum atomic E-state index is -0.461. The van der Waals surface area contributed by atoms with Gasteiger partial charge < -0.3 is 15.5 Å². The summed E-state index contributed by atoms with van der Waals surface area (Å²) in [4.78, 5) is 20.0. The van der Waals surface area contributed by atoms with E-state index in [2.05, 4.69) is 43.5 Å². The molecule has 1 saturated carbocycles. The normalized spacial score (nSPS) is 19.6. The van der Waals surface area contributed by atoms with Crippen LogP contribution < -0.4 is 15.5 Å².